The Morgan fingerprint density at radius 1 is 1.31 bits per heavy atom. The third-order valence-corrected chi connectivity index (χ3v) is 1.58. The highest BCUT2D eigenvalue weighted by Gasteiger charge is 1.98. The molecular formula is C10H10O3. The van der Waals surface area contributed by atoms with Crippen LogP contribution in [0.2, 0.25) is 0 Å². The number of aromatic hydroxyl groups is 2. The molecule has 0 unspecified atom stereocenters. The van der Waals surface area contributed by atoms with Crippen LogP contribution in [0.1, 0.15) is 12.5 Å². The maximum absolute atomic E-state index is 10.3. The SMILES string of the molecule is CC(C=O)=Cc1ccc(O)c(O)c1. The fraction of sp³-hybridized carbons (Fsp3) is 0.100. The molecular weight excluding hydrogens is 168 g/mol. The number of benzene rings is 1. The maximum atomic E-state index is 10.3. The molecule has 0 aliphatic rings. The lowest BCUT2D eigenvalue weighted by Crippen LogP contribution is -1.78. The second-order valence-corrected chi connectivity index (χ2v) is 2.75. The van der Waals surface area contributed by atoms with Crippen LogP contribution < -0.4 is 0 Å². The van der Waals surface area contributed by atoms with Gasteiger partial charge in [0.2, 0.25) is 0 Å². The van der Waals surface area contributed by atoms with E-state index in [4.69, 9.17) is 10.2 Å². The quantitative estimate of drug-likeness (QED) is 0.411. The lowest BCUT2D eigenvalue weighted by Gasteiger charge is -1.98. The van der Waals surface area contributed by atoms with E-state index < -0.39 is 0 Å². The summed E-state index contributed by atoms with van der Waals surface area (Å²) >= 11 is 0. The standard InChI is InChI=1S/C10H10O3/c1-7(6-11)4-8-2-3-9(12)10(13)5-8/h2-6,12-13H,1H3. The number of phenolic OH excluding ortho intramolecular Hbond substituents is 2. The first-order chi connectivity index (χ1) is 6.13. The molecule has 0 aliphatic carbocycles. The monoisotopic (exact) mass is 178 g/mol. The molecule has 0 heterocycles. The Morgan fingerprint density at radius 3 is 2.54 bits per heavy atom. The van der Waals surface area contributed by atoms with Gasteiger partial charge in [-0.05, 0) is 36.3 Å². The predicted molar refractivity (Wildman–Crippen MR) is 49.5 cm³/mol. The van der Waals surface area contributed by atoms with Gasteiger partial charge in [0, 0.05) is 0 Å². The number of rotatable bonds is 2. The number of allylic oxidation sites excluding steroid dienone is 1. The molecule has 1 aromatic carbocycles. The van der Waals surface area contributed by atoms with Gasteiger partial charge in [-0.3, -0.25) is 4.79 Å². The van der Waals surface area contributed by atoms with Crippen molar-refractivity contribution in [1.29, 1.82) is 0 Å². The minimum atomic E-state index is -0.188. The Labute approximate surface area is 76.0 Å². The summed E-state index contributed by atoms with van der Waals surface area (Å²) in [6, 6.07) is 4.38. The van der Waals surface area contributed by atoms with Crippen molar-refractivity contribution in [3.05, 3.63) is 29.3 Å². The molecule has 3 nitrogen and oxygen atoms in total. The molecule has 68 valence electrons. The zero-order chi connectivity index (χ0) is 9.84. The van der Waals surface area contributed by atoms with E-state index in [1.165, 1.54) is 12.1 Å². The largest absolute Gasteiger partial charge is 0.504 e. The topological polar surface area (TPSA) is 57.5 Å². The van der Waals surface area contributed by atoms with Crippen LogP contribution in [0, 0.1) is 0 Å². The molecule has 0 aliphatic heterocycles. The molecule has 0 atom stereocenters. The van der Waals surface area contributed by atoms with Gasteiger partial charge in [0.1, 0.15) is 6.29 Å². The summed E-state index contributed by atoms with van der Waals surface area (Å²) in [5.74, 6) is -0.353. The number of carbonyl (C=O) groups is 1. The van der Waals surface area contributed by atoms with Gasteiger partial charge in [-0.2, -0.15) is 0 Å². The summed E-state index contributed by atoms with van der Waals surface area (Å²) in [5.41, 5.74) is 1.24. The number of aldehydes is 1. The molecule has 0 fully saturated rings. The van der Waals surface area contributed by atoms with Crippen molar-refractivity contribution in [2.24, 2.45) is 0 Å². The van der Waals surface area contributed by atoms with Crippen LogP contribution in [0.15, 0.2) is 23.8 Å². The molecule has 3 heteroatoms. The van der Waals surface area contributed by atoms with Crippen LogP contribution in [0.25, 0.3) is 6.08 Å². The molecule has 0 saturated heterocycles. The average Bonchev–Trinajstić information content (AvgIpc) is 2.11. The summed E-state index contributed by atoms with van der Waals surface area (Å²) in [5, 5.41) is 18.1. The van der Waals surface area contributed by atoms with E-state index in [1.54, 1.807) is 19.1 Å². The van der Waals surface area contributed by atoms with Gasteiger partial charge in [-0.15, -0.1) is 0 Å². The van der Waals surface area contributed by atoms with Crippen molar-refractivity contribution >= 4 is 12.4 Å². The van der Waals surface area contributed by atoms with E-state index in [0.29, 0.717) is 11.1 Å². The smallest absolute Gasteiger partial charge is 0.157 e. The van der Waals surface area contributed by atoms with E-state index in [-0.39, 0.29) is 11.5 Å². The molecule has 0 amide bonds. The van der Waals surface area contributed by atoms with Gasteiger partial charge >= 0.3 is 0 Å². The summed E-state index contributed by atoms with van der Waals surface area (Å²) < 4.78 is 0. The van der Waals surface area contributed by atoms with Crippen LogP contribution in [0.5, 0.6) is 11.5 Å². The van der Waals surface area contributed by atoms with Gasteiger partial charge in [0.25, 0.3) is 0 Å². The fourth-order valence-corrected chi connectivity index (χ4v) is 0.927. The van der Waals surface area contributed by atoms with Crippen molar-refractivity contribution in [1.82, 2.24) is 0 Å². The minimum absolute atomic E-state index is 0.166. The van der Waals surface area contributed by atoms with Crippen molar-refractivity contribution in [3.8, 4) is 11.5 Å². The summed E-state index contributed by atoms with van der Waals surface area (Å²) in [4.78, 5) is 10.3. The summed E-state index contributed by atoms with van der Waals surface area (Å²) in [7, 11) is 0. The van der Waals surface area contributed by atoms with E-state index in [1.807, 2.05) is 0 Å². The van der Waals surface area contributed by atoms with Crippen molar-refractivity contribution in [2.45, 2.75) is 6.92 Å². The number of carbonyl (C=O) groups excluding carboxylic acids is 1. The summed E-state index contributed by atoms with van der Waals surface area (Å²) in [6.07, 6.45) is 2.34. The van der Waals surface area contributed by atoms with Crippen molar-refractivity contribution in [2.75, 3.05) is 0 Å². The van der Waals surface area contributed by atoms with Crippen LogP contribution in [-0.2, 0) is 4.79 Å². The highest BCUT2D eigenvalue weighted by molar-refractivity contribution is 5.81. The molecule has 0 saturated carbocycles. The highest BCUT2D eigenvalue weighted by Crippen LogP contribution is 2.25. The molecule has 0 bridgehead atoms. The molecule has 0 aromatic heterocycles. The maximum Gasteiger partial charge on any atom is 0.157 e. The Hall–Kier alpha value is -1.77. The van der Waals surface area contributed by atoms with Crippen LogP contribution in [-0.4, -0.2) is 16.5 Å². The van der Waals surface area contributed by atoms with Crippen molar-refractivity contribution < 1.29 is 15.0 Å². The fourth-order valence-electron chi connectivity index (χ4n) is 0.927. The molecule has 0 spiro atoms. The van der Waals surface area contributed by atoms with Crippen LogP contribution >= 0.6 is 0 Å². The number of hydrogen-bond donors (Lipinski definition) is 2. The first-order valence-electron chi connectivity index (χ1n) is 3.79. The van der Waals surface area contributed by atoms with Gasteiger partial charge in [0.15, 0.2) is 11.5 Å². The van der Waals surface area contributed by atoms with Crippen molar-refractivity contribution in [3.63, 3.8) is 0 Å². The number of phenols is 2. The van der Waals surface area contributed by atoms with Gasteiger partial charge < -0.3 is 10.2 Å². The summed E-state index contributed by atoms with van der Waals surface area (Å²) in [6.45, 7) is 1.66. The van der Waals surface area contributed by atoms with E-state index >= 15 is 0 Å². The Bertz CT molecular complexity index is 353. The average molecular weight is 178 g/mol. The van der Waals surface area contributed by atoms with Gasteiger partial charge in [-0.25, -0.2) is 0 Å². The Balaban J connectivity index is 3.04. The van der Waals surface area contributed by atoms with E-state index in [2.05, 4.69) is 0 Å². The minimum Gasteiger partial charge on any atom is -0.504 e. The van der Waals surface area contributed by atoms with Gasteiger partial charge in [0.05, 0.1) is 0 Å². The molecule has 1 aromatic rings. The zero-order valence-corrected chi connectivity index (χ0v) is 7.19. The molecule has 13 heavy (non-hydrogen) atoms. The number of hydrogen-bond acceptors (Lipinski definition) is 3. The molecule has 2 N–H and O–H groups in total. The first kappa shape index (κ1) is 9.32. The van der Waals surface area contributed by atoms with E-state index in [9.17, 15) is 4.79 Å². The Morgan fingerprint density at radius 2 is 2.00 bits per heavy atom. The van der Waals surface area contributed by atoms with Gasteiger partial charge in [-0.1, -0.05) is 6.07 Å². The third-order valence-electron chi connectivity index (χ3n) is 1.58. The molecule has 0 radical (unpaired) electrons. The van der Waals surface area contributed by atoms with E-state index in [0.717, 1.165) is 6.29 Å². The molecule has 1 rings (SSSR count). The Kier molecular flexibility index (Phi) is 2.69. The zero-order valence-electron chi connectivity index (χ0n) is 7.19. The van der Waals surface area contributed by atoms with Crippen LogP contribution in [0.3, 0.4) is 0 Å². The second kappa shape index (κ2) is 3.76. The normalized spacial score (nSPS) is 11.3. The second-order valence-electron chi connectivity index (χ2n) is 2.75. The highest BCUT2D eigenvalue weighted by atomic mass is 16.3. The predicted octanol–water partition coefficient (Wildman–Crippen LogP) is 1.70. The third kappa shape index (κ3) is 2.33. The first-order valence-corrected chi connectivity index (χ1v) is 3.79. The lowest BCUT2D eigenvalue weighted by atomic mass is 10.1. The van der Waals surface area contributed by atoms with Crippen LogP contribution in [0.4, 0.5) is 0 Å². The lowest BCUT2D eigenvalue weighted by molar-refractivity contribution is -0.104.